The Labute approximate surface area is 286 Å². The van der Waals surface area contributed by atoms with Crippen LogP contribution in [0.5, 0.6) is 23.0 Å². The first-order valence-electron chi connectivity index (χ1n) is 16.5. The zero-order valence-electron chi connectivity index (χ0n) is 29.9. The molecule has 1 aliphatic rings. The number of carbonyl (C=O) groups excluding carboxylic acids is 2. The minimum atomic E-state index is -0.308. The lowest BCUT2D eigenvalue weighted by molar-refractivity contribution is -0.132. The summed E-state index contributed by atoms with van der Waals surface area (Å²) in [7, 11) is 3.36. The molecule has 6 nitrogen and oxygen atoms in total. The Morgan fingerprint density at radius 1 is 0.604 bits per heavy atom. The van der Waals surface area contributed by atoms with E-state index in [1.54, 1.807) is 14.2 Å². The molecule has 2 atom stereocenters. The molecule has 1 saturated carbocycles. The maximum atomic E-state index is 11.2. The van der Waals surface area contributed by atoms with Crippen LogP contribution in [0.25, 0.3) is 0 Å². The standard InChI is InChI=1S/C24H30O3.C18H20O3/c1-17-14-23(3,4)16-24(15-17,19-6-10-21(26-5)11-7-19)20-8-12-22(13-9-20)27-18(2)25;1-13(19)21-17-11-7-15(8-12-17)18(2,3)14-5-9-16(20-4)10-6-14/h6-13,17H,14-16H2,1-5H3;5-12H,1-4H3. The topological polar surface area (TPSA) is 71.1 Å². The Bertz CT molecular complexity index is 1650. The third-order valence-electron chi connectivity index (χ3n) is 9.34. The van der Waals surface area contributed by atoms with Crippen molar-refractivity contribution in [1.29, 1.82) is 0 Å². The molecule has 0 aromatic heterocycles. The summed E-state index contributed by atoms with van der Waals surface area (Å²) in [5.41, 5.74) is 5.02. The van der Waals surface area contributed by atoms with E-state index in [9.17, 15) is 9.59 Å². The highest BCUT2D eigenvalue weighted by Gasteiger charge is 2.45. The second-order valence-electron chi connectivity index (χ2n) is 14.3. The highest BCUT2D eigenvalue weighted by molar-refractivity contribution is 5.69. The van der Waals surface area contributed by atoms with Crippen molar-refractivity contribution < 1.29 is 28.5 Å². The maximum Gasteiger partial charge on any atom is 0.308 e. The summed E-state index contributed by atoms with van der Waals surface area (Å²) >= 11 is 0. The van der Waals surface area contributed by atoms with E-state index < -0.39 is 0 Å². The number of hydrogen-bond donors (Lipinski definition) is 0. The van der Waals surface area contributed by atoms with Crippen LogP contribution >= 0.6 is 0 Å². The van der Waals surface area contributed by atoms with E-state index in [1.165, 1.54) is 37.0 Å². The number of benzene rings is 4. The van der Waals surface area contributed by atoms with Crippen LogP contribution < -0.4 is 18.9 Å². The second-order valence-corrected chi connectivity index (χ2v) is 14.3. The zero-order valence-corrected chi connectivity index (χ0v) is 29.9. The quantitative estimate of drug-likeness (QED) is 0.140. The zero-order chi connectivity index (χ0) is 35.1. The fourth-order valence-corrected chi connectivity index (χ4v) is 7.38. The number of hydrogen-bond acceptors (Lipinski definition) is 6. The van der Waals surface area contributed by atoms with Crippen LogP contribution in [0.2, 0.25) is 0 Å². The van der Waals surface area contributed by atoms with Gasteiger partial charge >= 0.3 is 11.9 Å². The van der Waals surface area contributed by atoms with Gasteiger partial charge in [-0.3, -0.25) is 9.59 Å². The van der Waals surface area contributed by atoms with Crippen LogP contribution in [0, 0.1) is 11.3 Å². The van der Waals surface area contributed by atoms with Crippen LogP contribution in [0.15, 0.2) is 97.1 Å². The van der Waals surface area contributed by atoms with Crippen molar-refractivity contribution in [2.75, 3.05) is 14.2 Å². The lowest BCUT2D eigenvalue weighted by Gasteiger charge is -2.48. The van der Waals surface area contributed by atoms with E-state index in [4.69, 9.17) is 18.9 Å². The van der Waals surface area contributed by atoms with Crippen molar-refractivity contribution >= 4 is 11.9 Å². The number of esters is 2. The van der Waals surface area contributed by atoms with E-state index >= 15 is 0 Å². The minimum Gasteiger partial charge on any atom is -0.497 e. The largest absolute Gasteiger partial charge is 0.497 e. The molecule has 6 heteroatoms. The first-order valence-corrected chi connectivity index (χ1v) is 16.5. The molecule has 4 aromatic rings. The van der Waals surface area contributed by atoms with Gasteiger partial charge in [0.2, 0.25) is 0 Å². The first-order chi connectivity index (χ1) is 22.7. The molecule has 4 aromatic carbocycles. The predicted octanol–water partition coefficient (Wildman–Crippen LogP) is 9.70. The predicted molar refractivity (Wildman–Crippen MR) is 191 cm³/mol. The average Bonchev–Trinajstić information content (AvgIpc) is 3.04. The van der Waals surface area contributed by atoms with Crippen molar-refractivity contribution in [2.45, 2.75) is 78.6 Å². The van der Waals surface area contributed by atoms with Gasteiger partial charge in [0, 0.05) is 24.7 Å². The molecule has 48 heavy (non-hydrogen) atoms. The van der Waals surface area contributed by atoms with Gasteiger partial charge in [0.15, 0.2) is 0 Å². The number of methoxy groups -OCH3 is 2. The molecule has 1 fully saturated rings. The van der Waals surface area contributed by atoms with Crippen LogP contribution in [0.3, 0.4) is 0 Å². The van der Waals surface area contributed by atoms with Gasteiger partial charge < -0.3 is 18.9 Å². The molecule has 0 radical (unpaired) electrons. The van der Waals surface area contributed by atoms with Gasteiger partial charge in [-0.2, -0.15) is 0 Å². The second kappa shape index (κ2) is 15.1. The van der Waals surface area contributed by atoms with Gasteiger partial charge in [0.25, 0.3) is 0 Å². The molecule has 2 unspecified atom stereocenters. The summed E-state index contributed by atoms with van der Waals surface area (Å²) in [6.45, 7) is 14.2. The highest BCUT2D eigenvalue weighted by atomic mass is 16.5. The molecule has 5 rings (SSSR count). The maximum absolute atomic E-state index is 11.2. The third kappa shape index (κ3) is 8.85. The molecule has 0 bridgehead atoms. The van der Waals surface area contributed by atoms with Crippen LogP contribution in [0.4, 0.5) is 0 Å². The summed E-state index contributed by atoms with van der Waals surface area (Å²) in [5.74, 6) is 2.92. The van der Waals surface area contributed by atoms with Crippen LogP contribution in [-0.4, -0.2) is 26.2 Å². The van der Waals surface area contributed by atoms with E-state index in [0.717, 1.165) is 29.9 Å². The van der Waals surface area contributed by atoms with E-state index in [1.807, 2.05) is 48.5 Å². The summed E-state index contributed by atoms with van der Waals surface area (Å²) in [6, 6.07) is 32.3. The van der Waals surface area contributed by atoms with Gasteiger partial charge in [0.1, 0.15) is 23.0 Å². The van der Waals surface area contributed by atoms with Crippen molar-refractivity contribution in [1.82, 2.24) is 0 Å². The molecule has 0 heterocycles. The van der Waals surface area contributed by atoms with Gasteiger partial charge in [-0.05, 0) is 101 Å². The lowest BCUT2D eigenvalue weighted by atomic mass is 9.55. The monoisotopic (exact) mass is 650 g/mol. The van der Waals surface area contributed by atoms with Gasteiger partial charge in [-0.15, -0.1) is 0 Å². The Morgan fingerprint density at radius 2 is 0.958 bits per heavy atom. The molecule has 254 valence electrons. The summed E-state index contributed by atoms with van der Waals surface area (Å²) < 4.78 is 20.8. The minimum absolute atomic E-state index is 0.0534. The Balaban J connectivity index is 0.000000224. The Kier molecular flexibility index (Phi) is 11.4. The van der Waals surface area contributed by atoms with E-state index in [-0.39, 0.29) is 28.2 Å². The van der Waals surface area contributed by atoms with Crippen molar-refractivity contribution in [3.63, 3.8) is 0 Å². The van der Waals surface area contributed by atoms with Crippen molar-refractivity contribution in [3.05, 3.63) is 119 Å². The third-order valence-corrected chi connectivity index (χ3v) is 9.34. The van der Waals surface area contributed by atoms with E-state index in [0.29, 0.717) is 17.4 Å². The normalized spacial score (nSPS) is 18.5. The molecule has 1 aliphatic carbocycles. The summed E-state index contributed by atoms with van der Waals surface area (Å²) in [5, 5.41) is 0. The molecule has 0 spiro atoms. The number of rotatable bonds is 8. The average molecular weight is 651 g/mol. The Morgan fingerprint density at radius 3 is 1.31 bits per heavy atom. The van der Waals surface area contributed by atoms with Gasteiger partial charge in [-0.25, -0.2) is 0 Å². The molecule has 0 saturated heterocycles. The van der Waals surface area contributed by atoms with Gasteiger partial charge in [0.05, 0.1) is 14.2 Å². The van der Waals surface area contributed by atoms with Gasteiger partial charge in [-0.1, -0.05) is 83.1 Å². The molecular weight excluding hydrogens is 600 g/mol. The Hall–Kier alpha value is -4.58. The summed E-state index contributed by atoms with van der Waals surface area (Å²) in [6.07, 6.45) is 3.43. The fourth-order valence-electron chi connectivity index (χ4n) is 7.38. The first kappa shape index (κ1) is 36.3. The molecule has 0 amide bonds. The van der Waals surface area contributed by atoms with Crippen molar-refractivity contribution in [3.8, 4) is 23.0 Å². The molecular formula is C42H50O6. The van der Waals surface area contributed by atoms with Crippen molar-refractivity contribution in [2.24, 2.45) is 11.3 Å². The molecule has 0 N–H and O–H groups in total. The van der Waals surface area contributed by atoms with E-state index in [2.05, 4.69) is 83.1 Å². The highest BCUT2D eigenvalue weighted by Crippen LogP contribution is 2.53. The number of carbonyl (C=O) groups is 2. The SMILES string of the molecule is COc1ccc(C(C)(C)c2ccc(OC(C)=O)cc2)cc1.COc1ccc(C2(c3ccc(OC(C)=O)cc3)CC(C)CC(C)(C)C2)cc1. The molecule has 0 aliphatic heterocycles. The number of ether oxygens (including phenoxy) is 4. The van der Waals surface area contributed by atoms with Crippen LogP contribution in [0.1, 0.15) is 90.0 Å². The smallest absolute Gasteiger partial charge is 0.308 e. The summed E-state index contributed by atoms with van der Waals surface area (Å²) in [4.78, 5) is 22.2. The fraction of sp³-hybridized carbons (Fsp3) is 0.381. The van der Waals surface area contributed by atoms with Crippen LogP contribution in [-0.2, 0) is 20.4 Å². The lowest BCUT2D eigenvalue weighted by Crippen LogP contribution is -2.41.